The number of carbonyl (C=O) groups excluding carboxylic acids is 1. The number of carboxylic acid groups (broad SMARTS) is 1. The van der Waals surface area contributed by atoms with Gasteiger partial charge in [-0.3, -0.25) is 4.79 Å². The third-order valence-corrected chi connectivity index (χ3v) is 2.64. The Balaban J connectivity index is 2.18. The summed E-state index contributed by atoms with van der Waals surface area (Å²) >= 11 is 0. The number of urea groups is 1. The molecule has 2 N–H and O–H groups in total. The first-order valence-corrected chi connectivity index (χ1v) is 5.18. The lowest BCUT2D eigenvalue weighted by Gasteiger charge is -2.20. The van der Waals surface area contributed by atoms with E-state index in [1.54, 1.807) is 7.05 Å². The van der Waals surface area contributed by atoms with Crippen molar-refractivity contribution in [2.45, 2.75) is 38.1 Å². The van der Waals surface area contributed by atoms with Crippen LogP contribution in [0.5, 0.6) is 0 Å². The van der Waals surface area contributed by atoms with Crippen LogP contribution >= 0.6 is 0 Å². The fourth-order valence-corrected chi connectivity index (χ4v) is 1.24. The van der Waals surface area contributed by atoms with Crippen molar-refractivity contribution in [3.63, 3.8) is 0 Å². The van der Waals surface area contributed by atoms with Crippen molar-refractivity contribution in [3.05, 3.63) is 0 Å². The number of hydrogen-bond acceptors (Lipinski definition) is 2. The zero-order valence-electron chi connectivity index (χ0n) is 9.25. The van der Waals surface area contributed by atoms with Gasteiger partial charge in [0.25, 0.3) is 0 Å². The lowest BCUT2D eigenvalue weighted by atomic mass is 10.3. The summed E-state index contributed by atoms with van der Waals surface area (Å²) in [6.45, 7) is 2.49. The van der Waals surface area contributed by atoms with Crippen LogP contribution in [-0.4, -0.2) is 41.1 Å². The topological polar surface area (TPSA) is 69.6 Å². The first-order valence-electron chi connectivity index (χ1n) is 5.18. The zero-order chi connectivity index (χ0) is 11.5. The molecule has 0 aromatic carbocycles. The summed E-state index contributed by atoms with van der Waals surface area (Å²) in [6, 6.07) is -0.111. The largest absolute Gasteiger partial charge is 0.481 e. The van der Waals surface area contributed by atoms with Crippen molar-refractivity contribution >= 4 is 12.0 Å². The summed E-state index contributed by atoms with van der Waals surface area (Å²) in [7, 11) is 1.68. The fourth-order valence-electron chi connectivity index (χ4n) is 1.24. The number of amides is 2. The summed E-state index contributed by atoms with van der Waals surface area (Å²) in [5, 5.41) is 11.4. The van der Waals surface area contributed by atoms with Crippen molar-refractivity contribution in [2.24, 2.45) is 0 Å². The Kier molecular flexibility index (Phi) is 3.55. The molecule has 15 heavy (non-hydrogen) atoms. The highest BCUT2D eigenvalue weighted by Crippen LogP contribution is 2.34. The van der Waals surface area contributed by atoms with Gasteiger partial charge in [0.2, 0.25) is 0 Å². The van der Waals surface area contributed by atoms with Crippen LogP contribution in [0.15, 0.2) is 0 Å². The Morgan fingerprint density at radius 3 is 2.53 bits per heavy atom. The van der Waals surface area contributed by atoms with Gasteiger partial charge in [-0.05, 0) is 26.2 Å². The van der Waals surface area contributed by atoms with Gasteiger partial charge < -0.3 is 15.3 Å². The van der Waals surface area contributed by atoms with E-state index in [0.29, 0.717) is 13.0 Å². The molecule has 0 bridgehead atoms. The van der Waals surface area contributed by atoms with E-state index >= 15 is 0 Å². The quantitative estimate of drug-likeness (QED) is 0.718. The van der Waals surface area contributed by atoms with Gasteiger partial charge in [0.15, 0.2) is 0 Å². The van der Waals surface area contributed by atoms with E-state index in [-0.39, 0.29) is 18.0 Å². The molecule has 1 aliphatic rings. The number of nitrogens with one attached hydrogen (secondary N) is 1. The van der Waals surface area contributed by atoms with E-state index in [4.69, 9.17) is 5.11 Å². The molecule has 1 rings (SSSR count). The molecule has 5 nitrogen and oxygen atoms in total. The molecule has 86 valence electrons. The lowest BCUT2D eigenvalue weighted by molar-refractivity contribution is -0.137. The molecule has 0 aromatic rings. The summed E-state index contributed by atoms with van der Waals surface area (Å²) in [5.41, 5.74) is -0.0157. The molecule has 2 amide bonds. The highest BCUT2D eigenvalue weighted by Gasteiger charge is 2.39. The van der Waals surface area contributed by atoms with Crippen LogP contribution in [0.4, 0.5) is 4.79 Å². The monoisotopic (exact) mass is 214 g/mol. The molecule has 1 saturated carbocycles. The van der Waals surface area contributed by atoms with Gasteiger partial charge in [0, 0.05) is 25.6 Å². The molecular formula is C10H18N2O3. The molecule has 1 aliphatic carbocycles. The third kappa shape index (κ3) is 4.18. The number of rotatable bonds is 5. The minimum absolute atomic E-state index is 0.0157. The third-order valence-electron chi connectivity index (χ3n) is 2.64. The number of carbonyl (C=O) groups is 2. The van der Waals surface area contributed by atoms with Crippen molar-refractivity contribution in [1.82, 2.24) is 10.2 Å². The van der Waals surface area contributed by atoms with E-state index in [2.05, 4.69) is 5.32 Å². The Morgan fingerprint density at radius 1 is 1.47 bits per heavy atom. The van der Waals surface area contributed by atoms with Crippen molar-refractivity contribution < 1.29 is 14.7 Å². The van der Waals surface area contributed by atoms with Gasteiger partial charge in [-0.2, -0.15) is 0 Å². The van der Waals surface area contributed by atoms with Crippen LogP contribution < -0.4 is 5.32 Å². The molecule has 0 atom stereocenters. The van der Waals surface area contributed by atoms with E-state index in [0.717, 1.165) is 12.8 Å². The first-order chi connectivity index (χ1) is 6.93. The van der Waals surface area contributed by atoms with Crippen LogP contribution in [0.2, 0.25) is 0 Å². The van der Waals surface area contributed by atoms with Crippen LogP contribution in [-0.2, 0) is 4.79 Å². The number of aliphatic carboxylic acids is 1. The Bertz CT molecular complexity index is 261. The second-order valence-corrected chi connectivity index (χ2v) is 4.41. The van der Waals surface area contributed by atoms with Crippen LogP contribution in [0.3, 0.4) is 0 Å². The van der Waals surface area contributed by atoms with Crippen molar-refractivity contribution in [1.29, 1.82) is 0 Å². The van der Waals surface area contributed by atoms with E-state index in [9.17, 15) is 9.59 Å². The Morgan fingerprint density at radius 2 is 2.07 bits per heavy atom. The lowest BCUT2D eigenvalue weighted by Crippen LogP contribution is -2.43. The highest BCUT2D eigenvalue weighted by atomic mass is 16.4. The van der Waals surface area contributed by atoms with Gasteiger partial charge in [0.05, 0.1) is 0 Å². The van der Waals surface area contributed by atoms with Crippen molar-refractivity contribution in [2.75, 3.05) is 13.6 Å². The number of carboxylic acids is 1. The molecular weight excluding hydrogens is 196 g/mol. The molecule has 0 aromatic heterocycles. The average molecular weight is 214 g/mol. The normalized spacial score (nSPS) is 16.9. The molecule has 0 saturated heterocycles. The van der Waals surface area contributed by atoms with Crippen LogP contribution in [0, 0.1) is 0 Å². The smallest absolute Gasteiger partial charge is 0.317 e. The minimum atomic E-state index is -0.821. The fraction of sp³-hybridized carbons (Fsp3) is 0.800. The van der Waals surface area contributed by atoms with Gasteiger partial charge in [-0.25, -0.2) is 4.79 Å². The maximum atomic E-state index is 11.5. The predicted molar refractivity (Wildman–Crippen MR) is 55.7 cm³/mol. The molecule has 0 radical (unpaired) electrons. The molecule has 5 heteroatoms. The Labute approximate surface area is 89.4 Å². The van der Waals surface area contributed by atoms with Gasteiger partial charge in [-0.1, -0.05) is 0 Å². The summed E-state index contributed by atoms with van der Waals surface area (Å²) < 4.78 is 0. The van der Waals surface area contributed by atoms with E-state index < -0.39 is 5.97 Å². The summed E-state index contributed by atoms with van der Waals surface area (Å²) in [5.74, 6) is -0.821. The van der Waals surface area contributed by atoms with Gasteiger partial charge in [-0.15, -0.1) is 0 Å². The zero-order valence-corrected chi connectivity index (χ0v) is 9.25. The number of hydrogen-bond donors (Lipinski definition) is 2. The van der Waals surface area contributed by atoms with Gasteiger partial charge in [0.1, 0.15) is 0 Å². The molecule has 0 unspecified atom stereocenters. The maximum absolute atomic E-state index is 11.5. The molecule has 1 fully saturated rings. The van der Waals surface area contributed by atoms with Gasteiger partial charge >= 0.3 is 12.0 Å². The maximum Gasteiger partial charge on any atom is 0.317 e. The predicted octanol–water partition coefficient (Wildman–Crippen LogP) is 1.05. The molecule has 0 spiro atoms. The molecule has 0 aliphatic heterocycles. The summed E-state index contributed by atoms with van der Waals surface area (Å²) in [4.78, 5) is 23.3. The second-order valence-electron chi connectivity index (χ2n) is 4.41. The second kappa shape index (κ2) is 4.51. The minimum Gasteiger partial charge on any atom is -0.481 e. The van der Waals surface area contributed by atoms with Crippen LogP contribution in [0.1, 0.15) is 32.6 Å². The standard InChI is InChI=1S/C10H18N2O3/c1-10(5-6-10)11-9(15)12(2)7-3-4-8(13)14/h3-7H2,1-2H3,(H,11,15)(H,13,14). The number of nitrogens with zero attached hydrogens (tertiary/aromatic N) is 1. The van der Waals surface area contributed by atoms with Crippen LogP contribution in [0.25, 0.3) is 0 Å². The average Bonchev–Trinajstić information content (AvgIpc) is 2.82. The van der Waals surface area contributed by atoms with E-state index in [1.165, 1.54) is 4.90 Å². The SMILES string of the molecule is CN(CCCC(=O)O)C(=O)NC1(C)CC1. The first kappa shape index (κ1) is 11.8. The summed E-state index contributed by atoms with van der Waals surface area (Å²) in [6.07, 6.45) is 2.66. The van der Waals surface area contributed by atoms with E-state index in [1.807, 2.05) is 6.92 Å². The van der Waals surface area contributed by atoms with Crippen molar-refractivity contribution in [3.8, 4) is 0 Å². The Hall–Kier alpha value is -1.26. The highest BCUT2D eigenvalue weighted by molar-refractivity contribution is 5.75. The molecule has 0 heterocycles.